The predicted octanol–water partition coefficient (Wildman–Crippen LogP) is 4.08. The van der Waals surface area contributed by atoms with Gasteiger partial charge in [-0.05, 0) is 44.4 Å². The van der Waals surface area contributed by atoms with Crippen molar-refractivity contribution in [3.05, 3.63) is 0 Å². The standard InChI is InChI=1S/C17H32O3/c1-14(2,3)12-17(19,15(4,5)6)13(18)20-16(7)10-8-9-11-16/h19H,8-12H2,1-7H3. The molecule has 3 nitrogen and oxygen atoms in total. The minimum absolute atomic E-state index is 0.141. The van der Waals surface area contributed by atoms with Gasteiger partial charge in [-0.3, -0.25) is 0 Å². The number of carbonyl (C=O) groups is 1. The van der Waals surface area contributed by atoms with Crippen LogP contribution in [-0.2, 0) is 9.53 Å². The molecule has 0 aromatic rings. The summed E-state index contributed by atoms with van der Waals surface area (Å²) in [5, 5.41) is 11.1. The van der Waals surface area contributed by atoms with Crippen LogP contribution < -0.4 is 0 Å². The second-order valence-corrected chi connectivity index (χ2v) is 8.89. The van der Waals surface area contributed by atoms with E-state index < -0.39 is 22.6 Å². The molecule has 1 atom stereocenters. The quantitative estimate of drug-likeness (QED) is 0.794. The molecule has 20 heavy (non-hydrogen) atoms. The van der Waals surface area contributed by atoms with Crippen LogP contribution in [0.4, 0.5) is 0 Å². The van der Waals surface area contributed by atoms with Gasteiger partial charge in [0.05, 0.1) is 0 Å². The van der Waals surface area contributed by atoms with Gasteiger partial charge in [0.25, 0.3) is 0 Å². The third-order valence-corrected chi connectivity index (χ3v) is 4.36. The lowest BCUT2D eigenvalue weighted by molar-refractivity contribution is -0.196. The van der Waals surface area contributed by atoms with E-state index in [9.17, 15) is 9.90 Å². The minimum atomic E-state index is -1.45. The summed E-state index contributed by atoms with van der Waals surface area (Å²) in [4.78, 5) is 12.7. The number of carbonyl (C=O) groups excluding carboxylic acids is 1. The third kappa shape index (κ3) is 3.97. The number of hydrogen-bond acceptors (Lipinski definition) is 3. The Labute approximate surface area is 124 Å². The molecule has 0 heterocycles. The van der Waals surface area contributed by atoms with Crippen LogP contribution in [0.25, 0.3) is 0 Å². The molecule has 118 valence electrons. The zero-order valence-corrected chi connectivity index (χ0v) is 14.3. The van der Waals surface area contributed by atoms with Gasteiger partial charge in [-0.2, -0.15) is 0 Å². The molecule has 1 saturated carbocycles. The summed E-state index contributed by atoms with van der Waals surface area (Å²) >= 11 is 0. The minimum Gasteiger partial charge on any atom is -0.457 e. The Morgan fingerprint density at radius 3 is 1.90 bits per heavy atom. The van der Waals surface area contributed by atoms with Crippen LogP contribution in [0, 0.1) is 10.8 Å². The summed E-state index contributed by atoms with van der Waals surface area (Å²) in [6.07, 6.45) is 4.38. The highest BCUT2D eigenvalue weighted by molar-refractivity contribution is 5.80. The second-order valence-electron chi connectivity index (χ2n) is 8.89. The third-order valence-electron chi connectivity index (χ3n) is 4.36. The lowest BCUT2D eigenvalue weighted by Gasteiger charge is -2.43. The molecule has 1 aliphatic rings. The maximum atomic E-state index is 12.7. The Kier molecular flexibility index (Phi) is 4.65. The fourth-order valence-corrected chi connectivity index (χ4v) is 2.94. The van der Waals surface area contributed by atoms with E-state index in [1.807, 2.05) is 48.5 Å². The monoisotopic (exact) mass is 284 g/mol. The molecule has 0 amide bonds. The molecule has 0 radical (unpaired) electrons. The molecular weight excluding hydrogens is 252 g/mol. The lowest BCUT2D eigenvalue weighted by atomic mass is 9.68. The summed E-state index contributed by atoms with van der Waals surface area (Å²) in [5.74, 6) is -0.454. The second kappa shape index (κ2) is 5.32. The highest BCUT2D eigenvalue weighted by atomic mass is 16.6. The Morgan fingerprint density at radius 2 is 1.55 bits per heavy atom. The summed E-state index contributed by atoms with van der Waals surface area (Å²) in [7, 11) is 0. The topological polar surface area (TPSA) is 46.5 Å². The van der Waals surface area contributed by atoms with E-state index in [0.717, 1.165) is 25.7 Å². The van der Waals surface area contributed by atoms with Crippen molar-refractivity contribution in [1.82, 2.24) is 0 Å². The largest absolute Gasteiger partial charge is 0.457 e. The Hall–Kier alpha value is -0.570. The number of aliphatic hydroxyl groups is 1. The van der Waals surface area contributed by atoms with Crippen molar-refractivity contribution in [2.75, 3.05) is 0 Å². The van der Waals surface area contributed by atoms with Crippen LogP contribution >= 0.6 is 0 Å². The average Bonchev–Trinajstić information content (AvgIpc) is 2.60. The van der Waals surface area contributed by atoms with Crippen molar-refractivity contribution in [1.29, 1.82) is 0 Å². The fraction of sp³-hybridized carbons (Fsp3) is 0.941. The zero-order chi connectivity index (χ0) is 15.8. The molecule has 0 aromatic carbocycles. The van der Waals surface area contributed by atoms with E-state index in [1.54, 1.807) is 0 Å². The van der Waals surface area contributed by atoms with Gasteiger partial charge in [-0.25, -0.2) is 4.79 Å². The molecule has 0 aliphatic heterocycles. The van der Waals surface area contributed by atoms with Crippen molar-refractivity contribution in [3.63, 3.8) is 0 Å². The maximum absolute atomic E-state index is 12.7. The Bertz CT molecular complexity index is 353. The van der Waals surface area contributed by atoms with Crippen LogP contribution in [0.2, 0.25) is 0 Å². The summed E-state index contributed by atoms with van der Waals surface area (Å²) in [6, 6.07) is 0. The van der Waals surface area contributed by atoms with E-state index in [2.05, 4.69) is 0 Å². The van der Waals surface area contributed by atoms with Crippen LogP contribution in [0.3, 0.4) is 0 Å². The van der Waals surface area contributed by atoms with Crippen molar-refractivity contribution in [3.8, 4) is 0 Å². The van der Waals surface area contributed by atoms with Gasteiger partial charge in [-0.15, -0.1) is 0 Å². The molecule has 1 fully saturated rings. The van der Waals surface area contributed by atoms with Crippen molar-refractivity contribution < 1.29 is 14.6 Å². The van der Waals surface area contributed by atoms with E-state index in [4.69, 9.17) is 4.74 Å². The molecule has 0 spiro atoms. The fourth-order valence-electron chi connectivity index (χ4n) is 2.94. The van der Waals surface area contributed by atoms with E-state index in [-0.39, 0.29) is 5.41 Å². The molecule has 3 heteroatoms. The number of hydrogen-bond donors (Lipinski definition) is 1. The molecule has 1 rings (SSSR count). The van der Waals surface area contributed by atoms with Crippen LogP contribution in [0.15, 0.2) is 0 Å². The van der Waals surface area contributed by atoms with E-state index >= 15 is 0 Å². The first-order valence-electron chi connectivity index (χ1n) is 7.75. The van der Waals surface area contributed by atoms with Crippen molar-refractivity contribution in [2.45, 2.75) is 91.8 Å². The number of rotatable bonds is 3. The summed E-state index contributed by atoms with van der Waals surface area (Å²) in [6.45, 7) is 13.8. The molecule has 1 aliphatic carbocycles. The first kappa shape index (κ1) is 17.5. The molecular formula is C17H32O3. The SMILES string of the molecule is CC(C)(C)CC(O)(C(=O)OC1(C)CCCC1)C(C)(C)C. The first-order valence-corrected chi connectivity index (χ1v) is 7.75. The lowest BCUT2D eigenvalue weighted by Crippen LogP contribution is -2.54. The Morgan fingerprint density at radius 1 is 1.10 bits per heavy atom. The predicted molar refractivity (Wildman–Crippen MR) is 81.4 cm³/mol. The normalized spacial score (nSPS) is 22.4. The van der Waals surface area contributed by atoms with Crippen molar-refractivity contribution in [2.24, 2.45) is 10.8 Å². The summed E-state index contributed by atoms with van der Waals surface area (Å²) in [5.41, 5.74) is -2.53. The van der Waals surface area contributed by atoms with Gasteiger partial charge in [0.15, 0.2) is 5.60 Å². The smallest absolute Gasteiger partial charge is 0.339 e. The first-order chi connectivity index (χ1) is 8.79. The maximum Gasteiger partial charge on any atom is 0.339 e. The van der Waals surface area contributed by atoms with Crippen LogP contribution in [0.1, 0.15) is 80.6 Å². The molecule has 0 saturated heterocycles. The molecule has 1 N–H and O–H groups in total. The van der Waals surface area contributed by atoms with E-state index in [1.165, 1.54) is 0 Å². The van der Waals surface area contributed by atoms with Gasteiger partial charge in [-0.1, -0.05) is 41.5 Å². The van der Waals surface area contributed by atoms with Crippen LogP contribution in [-0.4, -0.2) is 22.3 Å². The van der Waals surface area contributed by atoms with Gasteiger partial charge in [0, 0.05) is 5.41 Å². The molecule has 0 aromatic heterocycles. The Balaban J connectivity index is 2.96. The van der Waals surface area contributed by atoms with Gasteiger partial charge in [0.1, 0.15) is 5.60 Å². The summed E-state index contributed by atoms with van der Waals surface area (Å²) < 4.78 is 5.75. The van der Waals surface area contributed by atoms with Gasteiger partial charge in [0.2, 0.25) is 0 Å². The van der Waals surface area contributed by atoms with Gasteiger partial charge >= 0.3 is 5.97 Å². The number of esters is 1. The highest BCUT2D eigenvalue weighted by Gasteiger charge is 2.52. The number of ether oxygens (including phenoxy) is 1. The zero-order valence-electron chi connectivity index (χ0n) is 14.3. The van der Waals surface area contributed by atoms with E-state index in [0.29, 0.717) is 6.42 Å². The molecule has 1 unspecified atom stereocenters. The van der Waals surface area contributed by atoms with Gasteiger partial charge < -0.3 is 9.84 Å². The van der Waals surface area contributed by atoms with Crippen molar-refractivity contribution >= 4 is 5.97 Å². The average molecular weight is 284 g/mol. The van der Waals surface area contributed by atoms with Crippen LogP contribution in [0.5, 0.6) is 0 Å². The highest BCUT2D eigenvalue weighted by Crippen LogP contribution is 2.42. The molecule has 0 bridgehead atoms.